The maximum atomic E-state index is 11.6. The standard InChI is InChI=1S/C16H19N3O2/c20-12-18-16(7-3-4-8-16)13-5-1-2-6-14(13)19-10-9-17-15(21)11-19/h1-2,5-6H,3-4,7-11H2,(H,17,21). The molecule has 1 saturated heterocycles. The third-order valence-corrected chi connectivity index (χ3v) is 4.47. The van der Waals surface area contributed by atoms with Gasteiger partial charge in [-0.05, 0) is 18.9 Å². The molecule has 1 amide bonds. The second kappa shape index (κ2) is 5.70. The molecule has 0 bridgehead atoms. The molecule has 0 radical (unpaired) electrons. The number of para-hydroxylation sites is 1. The van der Waals surface area contributed by atoms with Crippen molar-refractivity contribution >= 4 is 17.7 Å². The van der Waals surface area contributed by atoms with Crippen LogP contribution in [0.15, 0.2) is 29.3 Å². The number of hydrogen-bond donors (Lipinski definition) is 1. The molecule has 21 heavy (non-hydrogen) atoms. The van der Waals surface area contributed by atoms with Crippen molar-refractivity contribution in [2.45, 2.75) is 31.2 Å². The van der Waals surface area contributed by atoms with E-state index in [1.54, 1.807) is 6.08 Å². The summed E-state index contributed by atoms with van der Waals surface area (Å²) < 4.78 is 0. The zero-order valence-corrected chi connectivity index (χ0v) is 12.0. The minimum atomic E-state index is -0.452. The van der Waals surface area contributed by atoms with Gasteiger partial charge in [0.2, 0.25) is 12.0 Å². The molecular formula is C16H19N3O2. The Labute approximate surface area is 124 Å². The molecule has 5 nitrogen and oxygen atoms in total. The van der Waals surface area contributed by atoms with Gasteiger partial charge in [-0.2, -0.15) is 4.99 Å². The number of anilines is 1. The van der Waals surface area contributed by atoms with Crippen molar-refractivity contribution in [2.24, 2.45) is 4.99 Å². The van der Waals surface area contributed by atoms with Crippen LogP contribution in [0.4, 0.5) is 5.69 Å². The zero-order chi connectivity index (χ0) is 14.7. The van der Waals surface area contributed by atoms with Gasteiger partial charge in [0.25, 0.3) is 0 Å². The Kier molecular flexibility index (Phi) is 3.76. The predicted molar refractivity (Wildman–Crippen MR) is 79.9 cm³/mol. The Bertz CT molecular complexity index is 587. The summed E-state index contributed by atoms with van der Waals surface area (Å²) in [4.78, 5) is 28.8. The maximum absolute atomic E-state index is 11.6. The number of piperazine rings is 1. The fourth-order valence-electron chi connectivity index (χ4n) is 3.48. The van der Waals surface area contributed by atoms with Gasteiger partial charge in [0.1, 0.15) is 5.54 Å². The first-order valence-corrected chi connectivity index (χ1v) is 7.45. The second-order valence-corrected chi connectivity index (χ2v) is 5.73. The number of aliphatic imine (C=N–C) groups is 1. The van der Waals surface area contributed by atoms with Crippen LogP contribution < -0.4 is 10.2 Å². The number of nitrogens with one attached hydrogen (secondary N) is 1. The van der Waals surface area contributed by atoms with Crippen molar-refractivity contribution in [3.05, 3.63) is 29.8 Å². The van der Waals surface area contributed by atoms with Gasteiger partial charge in [0.05, 0.1) is 6.54 Å². The van der Waals surface area contributed by atoms with Gasteiger partial charge in [-0.15, -0.1) is 0 Å². The van der Waals surface area contributed by atoms with E-state index in [0.717, 1.165) is 43.5 Å². The largest absolute Gasteiger partial charge is 0.360 e. The Hall–Kier alpha value is -2.13. The lowest BCUT2D eigenvalue weighted by molar-refractivity contribution is -0.120. The number of nitrogens with zero attached hydrogens (tertiary/aromatic N) is 2. The van der Waals surface area contributed by atoms with E-state index in [2.05, 4.69) is 15.2 Å². The molecule has 0 atom stereocenters. The van der Waals surface area contributed by atoms with Gasteiger partial charge in [-0.1, -0.05) is 31.0 Å². The summed E-state index contributed by atoms with van der Waals surface area (Å²) in [5.74, 6) is 0.0374. The Balaban J connectivity index is 2.02. The SMILES string of the molecule is O=C=NC1(c2ccccc2N2CCNC(=O)C2)CCCC1. The van der Waals surface area contributed by atoms with E-state index in [1.165, 1.54) is 0 Å². The highest BCUT2D eigenvalue weighted by molar-refractivity contribution is 5.83. The van der Waals surface area contributed by atoms with Crippen LogP contribution in [0.25, 0.3) is 0 Å². The molecule has 0 spiro atoms. The number of benzene rings is 1. The van der Waals surface area contributed by atoms with Crippen LogP contribution in [-0.4, -0.2) is 31.6 Å². The molecule has 1 aromatic carbocycles. The van der Waals surface area contributed by atoms with Gasteiger partial charge in [-0.3, -0.25) is 4.79 Å². The first kappa shape index (κ1) is 13.8. The van der Waals surface area contributed by atoms with E-state index in [1.807, 2.05) is 24.3 Å². The average Bonchev–Trinajstić information content (AvgIpc) is 2.97. The lowest BCUT2D eigenvalue weighted by atomic mass is 9.87. The number of carbonyl (C=O) groups excluding carboxylic acids is 2. The third kappa shape index (κ3) is 2.57. The van der Waals surface area contributed by atoms with Crippen molar-refractivity contribution in [1.29, 1.82) is 0 Å². The third-order valence-electron chi connectivity index (χ3n) is 4.47. The minimum absolute atomic E-state index is 0.0374. The molecule has 110 valence electrons. The highest BCUT2D eigenvalue weighted by Crippen LogP contribution is 2.45. The summed E-state index contributed by atoms with van der Waals surface area (Å²) in [5, 5.41) is 2.84. The smallest absolute Gasteiger partial charge is 0.239 e. The van der Waals surface area contributed by atoms with Crippen LogP contribution in [0.2, 0.25) is 0 Å². The number of hydrogen-bond acceptors (Lipinski definition) is 4. The van der Waals surface area contributed by atoms with E-state index >= 15 is 0 Å². The summed E-state index contributed by atoms with van der Waals surface area (Å²) in [6.07, 6.45) is 5.65. The number of amides is 1. The molecule has 1 aliphatic heterocycles. The Morgan fingerprint density at radius 3 is 2.71 bits per heavy atom. The Morgan fingerprint density at radius 1 is 1.24 bits per heavy atom. The molecule has 3 rings (SSSR count). The normalized spacial score (nSPS) is 20.8. The number of carbonyl (C=O) groups is 1. The summed E-state index contributed by atoms with van der Waals surface area (Å²) in [5.41, 5.74) is 1.63. The van der Waals surface area contributed by atoms with Crippen molar-refractivity contribution in [2.75, 3.05) is 24.5 Å². The second-order valence-electron chi connectivity index (χ2n) is 5.73. The molecule has 1 aliphatic carbocycles. The highest BCUT2D eigenvalue weighted by Gasteiger charge is 2.38. The van der Waals surface area contributed by atoms with Crippen molar-refractivity contribution in [3.8, 4) is 0 Å². The highest BCUT2D eigenvalue weighted by atomic mass is 16.2. The number of rotatable bonds is 3. The van der Waals surface area contributed by atoms with E-state index < -0.39 is 5.54 Å². The zero-order valence-electron chi connectivity index (χ0n) is 12.0. The van der Waals surface area contributed by atoms with E-state index in [0.29, 0.717) is 13.1 Å². The van der Waals surface area contributed by atoms with Gasteiger partial charge < -0.3 is 10.2 Å². The first-order chi connectivity index (χ1) is 10.2. The van der Waals surface area contributed by atoms with Crippen LogP contribution in [0.1, 0.15) is 31.2 Å². The molecule has 1 saturated carbocycles. The molecule has 5 heteroatoms. The monoisotopic (exact) mass is 285 g/mol. The predicted octanol–water partition coefficient (Wildman–Crippen LogP) is 1.73. The quantitative estimate of drug-likeness (QED) is 0.679. The van der Waals surface area contributed by atoms with E-state index in [9.17, 15) is 9.59 Å². The van der Waals surface area contributed by atoms with Crippen molar-refractivity contribution in [1.82, 2.24) is 5.32 Å². The minimum Gasteiger partial charge on any atom is -0.360 e. The first-order valence-electron chi connectivity index (χ1n) is 7.45. The van der Waals surface area contributed by atoms with Gasteiger partial charge in [-0.25, -0.2) is 4.79 Å². The molecule has 2 fully saturated rings. The van der Waals surface area contributed by atoms with E-state index in [-0.39, 0.29) is 5.91 Å². The molecular weight excluding hydrogens is 266 g/mol. The van der Waals surface area contributed by atoms with Crippen molar-refractivity contribution in [3.63, 3.8) is 0 Å². The summed E-state index contributed by atoms with van der Waals surface area (Å²) in [6, 6.07) is 8.00. The van der Waals surface area contributed by atoms with Crippen LogP contribution in [0.5, 0.6) is 0 Å². The maximum Gasteiger partial charge on any atom is 0.239 e. The lowest BCUT2D eigenvalue weighted by Gasteiger charge is -2.34. The van der Waals surface area contributed by atoms with Gasteiger partial charge in [0.15, 0.2) is 0 Å². The summed E-state index contributed by atoms with van der Waals surface area (Å²) in [7, 11) is 0. The molecule has 1 N–H and O–H groups in total. The Morgan fingerprint density at radius 2 is 2.00 bits per heavy atom. The van der Waals surface area contributed by atoms with Crippen LogP contribution in [0, 0.1) is 0 Å². The van der Waals surface area contributed by atoms with Gasteiger partial charge >= 0.3 is 0 Å². The van der Waals surface area contributed by atoms with Crippen LogP contribution >= 0.6 is 0 Å². The molecule has 0 unspecified atom stereocenters. The summed E-state index contributed by atoms with van der Waals surface area (Å²) >= 11 is 0. The molecule has 2 aliphatic rings. The molecule has 1 heterocycles. The van der Waals surface area contributed by atoms with Crippen LogP contribution in [-0.2, 0) is 15.1 Å². The van der Waals surface area contributed by atoms with Crippen molar-refractivity contribution < 1.29 is 9.59 Å². The van der Waals surface area contributed by atoms with Gasteiger partial charge in [0, 0.05) is 24.3 Å². The number of isocyanates is 1. The topological polar surface area (TPSA) is 61.8 Å². The van der Waals surface area contributed by atoms with E-state index in [4.69, 9.17) is 0 Å². The fourth-order valence-corrected chi connectivity index (χ4v) is 3.48. The summed E-state index contributed by atoms with van der Waals surface area (Å²) in [6.45, 7) is 1.79. The fraction of sp³-hybridized carbons (Fsp3) is 0.500. The molecule has 0 aromatic heterocycles. The molecule has 1 aromatic rings. The lowest BCUT2D eigenvalue weighted by Crippen LogP contribution is -2.48. The average molecular weight is 285 g/mol. The van der Waals surface area contributed by atoms with Crippen LogP contribution in [0.3, 0.4) is 0 Å².